The van der Waals surface area contributed by atoms with E-state index in [0.717, 1.165) is 37.4 Å². The third kappa shape index (κ3) is 6.11. The molecular formula is C24H32N4O5S. The van der Waals surface area contributed by atoms with Crippen molar-refractivity contribution >= 4 is 34.6 Å². The van der Waals surface area contributed by atoms with Gasteiger partial charge in [0, 0.05) is 19.2 Å². The average Bonchev–Trinajstić information content (AvgIpc) is 2.83. The van der Waals surface area contributed by atoms with Crippen LogP contribution in [0, 0.1) is 0 Å². The first kappa shape index (κ1) is 25.6. The molecule has 0 bridgehead atoms. The first-order chi connectivity index (χ1) is 16.4. The molecule has 0 unspecified atom stereocenters. The minimum atomic E-state index is -0.646. The van der Waals surface area contributed by atoms with Crippen LogP contribution in [0.5, 0.6) is 11.5 Å². The van der Waals surface area contributed by atoms with Crippen LogP contribution in [0.2, 0.25) is 0 Å². The second kappa shape index (κ2) is 11.9. The van der Waals surface area contributed by atoms with Gasteiger partial charge in [0.1, 0.15) is 0 Å². The van der Waals surface area contributed by atoms with Crippen molar-refractivity contribution in [3.05, 3.63) is 34.1 Å². The lowest BCUT2D eigenvalue weighted by Gasteiger charge is -2.18. The standard InChI is InChI=1S/C24H32N4O5S/c1-5-25-23(31)27-21(29)15(2)34-24-26-18-14-20(33-4)19(32-3)13-17(18)22(30)28(24)12-11-16-9-7-6-8-10-16/h9,13-15H,5-8,10-12H2,1-4H3,(H2,25,27,29,31)/t15-/m0/s1. The molecule has 0 saturated heterocycles. The number of aromatic nitrogens is 2. The second-order valence-electron chi connectivity index (χ2n) is 8.04. The summed E-state index contributed by atoms with van der Waals surface area (Å²) in [7, 11) is 3.04. The van der Waals surface area contributed by atoms with Gasteiger partial charge < -0.3 is 14.8 Å². The molecule has 1 aromatic carbocycles. The zero-order valence-corrected chi connectivity index (χ0v) is 20.9. The van der Waals surface area contributed by atoms with Gasteiger partial charge in [-0.25, -0.2) is 9.78 Å². The lowest BCUT2D eigenvalue weighted by Crippen LogP contribution is -2.42. The fraction of sp³-hybridized carbons (Fsp3) is 0.500. The van der Waals surface area contributed by atoms with Gasteiger partial charge in [-0.3, -0.25) is 19.5 Å². The highest BCUT2D eigenvalue weighted by Gasteiger charge is 2.22. The van der Waals surface area contributed by atoms with Crippen molar-refractivity contribution in [2.45, 2.75) is 62.9 Å². The smallest absolute Gasteiger partial charge is 0.321 e. The molecule has 0 saturated carbocycles. The Hall–Kier alpha value is -3.01. The van der Waals surface area contributed by atoms with E-state index in [1.807, 2.05) is 0 Å². The SMILES string of the molecule is CCNC(=O)NC(=O)[C@H](C)Sc1nc2cc(OC)c(OC)cc2c(=O)n1CCC1=CCCCC1. The van der Waals surface area contributed by atoms with Gasteiger partial charge in [0.05, 0.1) is 30.4 Å². The number of carbonyl (C=O) groups is 2. The number of nitrogens with zero attached hydrogens (tertiary/aromatic N) is 2. The van der Waals surface area contributed by atoms with Gasteiger partial charge in [0.25, 0.3) is 5.56 Å². The summed E-state index contributed by atoms with van der Waals surface area (Å²) in [6.45, 7) is 4.31. The molecule has 1 aromatic heterocycles. The average molecular weight is 489 g/mol. The van der Waals surface area contributed by atoms with E-state index in [4.69, 9.17) is 14.5 Å². The van der Waals surface area contributed by atoms with Crippen molar-refractivity contribution in [1.29, 1.82) is 0 Å². The number of thioether (sulfide) groups is 1. The molecule has 1 atom stereocenters. The van der Waals surface area contributed by atoms with Crippen LogP contribution < -0.4 is 25.7 Å². The molecule has 10 heteroatoms. The zero-order chi connectivity index (χ0) is 24.7. The van der Waals surface area contributed by atoms with E-state index in [0.29, 0.717) is 40.6 Å². The van der Waals surface area contributed by atoms with E-state index in [1.165, 1.54) is 26.2 Å². The molecule has 2 N–H and O–H groups in total. The van der Waals surface area contributed by atoms with Crippen LogP contribution in [0.4, 0.5) is 4.79 Å². The number of hydrogen-bond acceptors (Lipinski definition) is 7. The highest BCUT2D eigenvalue weighted by Crippen LogP contribution is 2.32. The van der Waals surface area contributed by atoms with Crippen molar-refractivity contribution in [3.8, 4) is 11.5 Å². The Kier molecular flexibility index (Phi) is 8.98. The highest BCUT2D eigenvalue weighted by molar-refractivity contribution is 8.00. The van der Waals surface area contributed by atoms with Gasteiger partial charge in [-0.05, 0) is 52.0 Å². The fourth-order valence-corrected chi connectivity index (χ4v) is 4.77. The molecule has 0 radical (unpaired) electrons. The maximum absolute atomic E-state index is 13.5. The molecule has 9 nitrogen and oxygen atoms in total. The Morgan fingerprint density at radius 2 is 1.94 bits per heavy atom. The van der Waals surface area contributed by atoms with Gasteiger partial charge in [-0.15, -0.1) is 0 Å². The molecule has 0 aliphatic heterocycles. The van der Waals surface area contributed by atoms with Gasteiger partial charge in [-0.2, -0.15) is 0 Å². The van der Waals surface area contributed by atoms with E-state index in [1.54, 1.807) is 30.5 Å². The molecule has 2 aromatic rings. The van der Waals surface area contributed by atoms with E-state index >= 15 is 0 Å². The first-order valence-electron chi connectivity index (χ1n) is 11.5. The number of ether oxygens (including phenoxy) is 2. The molecule has 1 aliphatic carbocycles. The molecule has 3 amide bonds. The number of amides is 3. The van der Waals surface area contributed by atoms with Crippen LogP contribution >= 0.6 is 11.8 Å². The number of allylic oxidation sites excluding steroid dienone is 2. The summed E-state index contributed by atoms with van der Waals surface area (Å²) < 4.78 is 12.4. The maximum Gasteiger partial charge on any atom is 0.321 e. The summed E-state index contributed by atoms with van der Waals surface area (Å²) in [6.07, 6.45) is 7.46. The number of fused-ring (bicyclic) bond motifs is 1. The van der Waals surface area contributed by atoms with Gasteiger partial charge in [0.2, 0.25) is 5.91 Å². The summed E-state index contributed by atoms with van der Waals surface area (Å²) in [5.41, 5.74) is 1.58. The minimum Gasteiger partial charge on any atom is -0.493 e. The van der Waals surface area contributed by atoms with Crippen molar-refractivity contribution in [1.82, 2.24) is 20.2 Å². The summed E-state index contributed by atoms with van der Waals surface area (Å²) in [6, 6.07) is 2.75. The molecule has 1 aliphatic rings. The number of urea groups is 1. The molecule has 0 spiro atoms. The summed E-state index contributed by atoms with van der Waals surface area (Å²) >= 11 is 1.15. The number of imide groups is 1. The lowest BCUT2D eigenvalue weighted by atomic mass is 9.97. The van der Waals surface area contributed by atoms with Crippen LogP contribution in [0.1, 0.15) is 46.0 Å². The third-order valence-electron chi connectivity index (χ3n) is 5.69. The normalized spacial score (nSPS) is 14.3. The first-order valence-corrected chi connectivity index (χ1v) is 12.4. The van der Waals surface area contributed by atoms with Crippen LogP contribution in [0.15, 0.2) is 33.7 Å². The summed E-state index contributed by atoms with van der Waals surface area (Å²) in [5, 5.41) is 5.04. The highest BCUT2D eigenvalue weighted by atomic mass is 32.2. The van der Waals surface area contributed by atoms with Gasteiger partial charge in [-0.1, -0.05) is 23.4 Å². The third-order valence-corrected chi connectivity index (χ3v) is 6.78. The van der Waals surface area contributed by atoms with Crippen molar-refractivity contribution in [3.63, 3.8) is 0 Å². The summed E-state index contributed by atoms with van der Waals surface area (Å²) in [4.78, 5) is 42.5. The number of carbonyl (C=O) groups excluding carboxylic acids is 2. The Balaban J connectivity index is 1.98. The largest absolute Gasteiger partial charge is 0.493 e. The van der Waals surface area contributed by atoms with Crippen LogP contribution in [0.3, 0.4) is 0 Å². The van der Waals surface area contributed by atoms with E-state index < -0.39 is 17.2 Å². The minimum absolute atomic E-state index is 0.207. The molecule has 1 heterocycles. The van der Waals surface area contributed by atoms with Crippen molar-refractivity contribution in [2.24, 2.45) is 0 Å². The van der Waals surface area contributed by atoms with Gasteiger partial charge >= 0.3 is 6.03 Å². The second-order valence-corrected chi connectivity index (χ2v) is 9.35. The van der Waals surface area contributed by atoms with Gasteiger partial charge in [0.15, 0.2) is 16.7 Å². The number of methoxy groups -OCH3 is 2. The topological polar surface area (TPSA) is 112 Å². The van der Waals surface area contributed by atoms with E-state index in [2.05, 4.69) is 16.7 Å². The zero-order valence-electron chi connectivity index (χ0n) is 20.1. The molecule has 0 fully saturated rings. The Morgan fingerprint density at radius 1 is 1.21 bits per heavy atom. The van der Waals surface area contributed by atoms with Crippen molar-refractivity contribution in [2.75, 3.05) is 20.8 Å². The fourth-order valence-electron chi connectivity index (χ4n) is 3.83. The maximum atomic E-state index is 13.5. The quantitative estimate of drug-likeness (QED) is 0.315. The van der Waals surface area contributed by atoms with Crippen LogP contribution in [-0.2, 0) is 11.3 Å². The molecule has 184 valence electrons. The number of hydrogen-bond donors (Lipinski definition) is 2. The number of rotatable bonds is 9. The van der Waals surface area contributed by atoms with Crippen LogP contribution in [-0.4, -0.2) is 47.5 Å². The Bertz CT molecular complexity index is 1140. The molecule has 34 heavy (non-hydrogen) atoms. The van der Waals surface area contributed by atoms with E-state index in [-0.39, 0.29) is 5.56 Å². The Labute approximate surface area is 203 Å². The Morgan fingerprint density at radius 3 is 2.59 bits per heavy atom. The molecular weight excluding hydrogens is 456 g/mol. The number of benzene rings is 1. The van der Waals surface area contributed by atoms with Crippen LogP contribution in [0.25, 0.3) is 10.9 Å². The predicted octanol–water partition coefficient (Wildman–Crippen LogP) is 3.63. The van der Waals surface area contributed by atoms with E-state index in [9.17, 15) is 14.4 Å². The van der Waals surface area contributed by atoms with Crippen molar-refractivity contribution < 1.29 is 19.1 Å². The monoisotopic (exact) mass is 488 g/mol. The summed E-state index contributed by atoms with van der Waals surface area (Å²) in [5.74, 6) is 0.453. The predicted molar refractivity (Wildman–Crippen MR) is 133 cm³/mol. The molecule has 3 rings (SSSR count). The number of nitrogens with one attached hydrogen (secondary N) is 2. The lowest BCUT2D eigenvalue weighted by molar-refractivity contribution is -0.119.